The molecule has 4 rings (SSSR count). The highest BCUT2D eigenvalue weighted by Gasteiger charge is 2.29. The molecule has 1 atom stereocenters. The molecular weight excluding hydrogens is 350 g/mol. The SMILES string of the molecule is CC(Sc1nc2ccccc2c(=O)n1C1CC1)c1cccc([N+](=O)[O-])c1. The van der Waals surface area contributed by atoms with Crippen LogP contribution in [0.3, 0.4) is 0 Å². The van der Waals surface area contributed by atoms with Crippen molar-refractivity contribution >= 4 is 28.4 Å². The Labute approximate surface area is 154 Å². The fourth-order valence-electron chi connectivity index (χ4n) is 2.98. The van der Waals surface area contributed by atoms with Gasteiger partial charge in [-0.1, -0.05) is 36.0 Å². The first-order chi connectivity index (χ1) is 12.5. The van der Waals surface area contributed by atoms with Gasteiger partial charge in [-0.2, -0.15) is 0 Å². The maximum atomic E-state index is 12.9. The Bertz CT molecular complexity index is 1060. The van der Waals surface area contributed by atoms with Gasteiger partial charge in [-0.15, -0.1) is 0 Å². The van der Waals surface area contributed by atoms with E-state index in [-0.39, 0.29) is 22.5 Å². The first kappa shape index (κ1) is 16.8. The molecule has 0 radical (unpaired) electrons. The zero-order chi connectivity index (χ0) is 18.3. The molecule has 26 heavy (non-hydrogen) atoms. The number of rotatable bonds is 5. The molecule has 1 heterocycles. The van der Waals surface area contributed by atoms with E-state index >= 15 is 0 Å². The third-order valence-corrected chi connectivity index (χ3v) is 5.64. The van der Waals surface area contributed by atoms with E-state index in [0.717, 1.165) is 18.4 Å². The molecule has 0 bridgehead atoms. The molecule has 1 aromatic heterocycles. The van der Waals surface area contributed by atoms with Crippen LogP contribution in [-0.2, 0) is 0 Å². The number of non-ortho nitro benzene ring substituents is 1. The van der Waals surface area contributed by atoms with Gasteiger partial charge in [-0.25, -0.2) is 4.98 Å². The van der Waals surface area contributed by atoms with Crippen LogP contribution in [0.1, 0.15) is 36.6 Å². The minimum atomic E-state index is -0.394. The summed E-state index contributed by atoms with van der Waals surface area (Å²) in [5, 5.41) is 12.3. The van der Waals surface area contributed by atoms with Crippen LogP contribution in [0.5, 0.6) is 0 Å². The van der Waals surface area contributed by atoms with Crippen molar-refractivity contribution in [2.75, 3.05) is 0 Å². The first-order valence-electron chi connectivity index (χ1n) is 8.47. The van der Waals surface area contributed by atoms with Crippen molar-refractivity contribution in [3.8, 4) is 0 Å². The second-order valence-electron chi connectivity index (χ2n) is 6.43. The lowest BCUT2D eigenvalue weighted by Crippen LogP contribution is -2.22. The van der Waals surface area contributed by atoms with E-state index in [1.165, 1.54) is 17.8 Å². The van der Waals surface area contributed by atoms with Gasteiger partial charge in [-0.05, 0) is 37.5 Å². The van der Waals surface area contributed by atoms with Crippen molar-refractivity contribution in [2.24, 2.45) is 0 Å². The van der Waals surface area contributed by atoms with Gasteiger partial charge in [0.05, 0.1) is 15.8 Å². The number of nitrogens with zero attached hydrogens (tertiary/aromatic N) is 3. The van der Waals surface area contributed by atoms with Gasteiger partial charge in [0.1, 0.15) is 0 Å². The second-order valence-corrected chi connectivity index (χ2v) is 7.74. The molecule has 132 valence electrons. The average molecular weight is 367 g/mol. The lowest BCUT2D eigenvalue weighted by Gasteiger charge is -2.16. The summed E-state index contributed by atoms with van der Waals surface area (Å²) in [6.07, 6.45) is 1.97. The number of hydrogen-bond acceptors (Lipinski definition) is 5. The zero-order valence-electron chi connectivity index (χ0n) is 14.2. The number of para-hydroxylation sites is 1. The van der Waals surface area contributed by atoms with Crippen molar-refractivity contribution in [2.45, 2.75) is 36.2 Å². The number of aromatic nitrogens is 2. The third-order valence-electron chi connectivity index (χ3n) is 4.52. The van der Waals surface area contributed by atoms with Gasteiger partial charge in [0.2, 0.25) is 0 Å². The van der Waals surface area contributed by atoms with Crippen LogP contribution >= 0.6 is 11.8 Å². The van der Waals surface area contributed by atoms with E-state index in [1.807, 2.05) is 37.3 Å². The molecule has 1 unspecified atom stereocenters. The number of fused-ring (bicyclic) bond motifs is 1. The predicted molar refractivity (Wildman–Crippen MR) is 102 cm³/mol. The van der Waals surface area contributed by atoms with Crippen LogP contribution in [0.25, 0.3) is 10.9 Å². The minimum absolute atomic E-state index is 0.00755. The quantitative estimate of drug-likeness (QED) is 0.287. The van der Waals surface area contributed by atoms with Crippen LogP contribution in [0.2, 0.25) is 0 Å². The van der Waals surface area contributed by atoms with E-state index in [1.54, 1.807) is 16.7 Å². The van der Waals surface area contributed by atoms with E-state index in [2.05, 4.69) is 0 Å². The Kier molecular flexibility index (Phi) is 4.24. The van der Waals surface area contributed by atoms with Gasteiger partial charge in [0, 0.05) is 23.4 Å². The van der Waals surface area contributed by atoms with Gasteiger partial charge in [-0.3, -0.25) is 19.5 Å². The smallest absolute Gasteiger partial charge is 0.269 e. The van der Waals surface area contributed by atoms with Crippen molar-refractivity contribution in [3.05, 3.63) is 74.6 Å². The number of thioether (sulfide) groups is 1. The summed E-state index contributed by atoms with van der Waals surface area (Å²) >= 11 is 1.47. The molecule has 0 aliphatic heterocycles. The van der Waals surface area contributed by atoms with E-state index in [9.17, 15) is 14.9 Å². The molecule has 3 aromatic rings. The summed E-state index contributed by atoms with van der Waals surface area (Å²) in [5.74, 6) is 0. The van der Waals surface area contributed by atoms with Gasteiger partial charge in [0.15, 0.2) is 5.16 Å². The lowest BCUT2D eigenvalue weighted by atomic mass is 10.1. The Hall–Kier alpha value is -2.67. The lowest BCUT2D eigenvalue weighted by molar-refractivity contribution is -0.384. The van der Waals surface area contributed by atoms with Crippen LogP contribution in [0.15, 0.2) is 58.5 Å². The van der Waals surface area contributed by atoms with Crippen LogP contribution in [-0.4, -0.2) is 14.5 Å². The zero-order valence-corrected chi connectivity index (χ0v) is 15.0. The molecular formula is C19H17N3O3S. The second kappa shape index (κ2) is 6.57. The molecule has 0 spiro atoms. The van der Waals surface area contributed by atoms with Crippen molar-refractivity contribution in [3.63, 3.8) is 0 Å². The topological polar surface area (TPSA) is 78.0 Å². The standard InChI is InChI=1S/C19H17N3O3S/c1-12(13-5-4-6-15(11-13)22(24)25)26-19-20-17-8-3-2-7-16(17)18(23)21(19)14-9-10-14/h2-8,11-12,14H,9-10H2,1H3. The highest BCUT2D eigenvalue weighted by molar-refractivity contribution is 7.99. The fraction of sp³-hybridized carbons (Fsp3) is 0.263. The third kappa shape index (κ3) is 3.10. The van der Waals surface area contributed by atoms with E-state index in [4.69, 9.17) is 4.98 Å². The number of hydrogen-bond donors (Lipinski definition) is 0. The van der Waals surface area contributed by atoms with Crippen LogP contribution in [0.4, 0.5) is 5.69 Å². The molecule has 7 heteroatoms. The van der Waals surface area contributed by atoms with E-state index in [0.29, 0.717) is 16.1 Å². The molecule has 2 aromatic carbocycles. The van der Waals surface area contributed by atoms with Crippen molar-refractivity contribution in [1.29, 1.82) is 0 Å². The maximum Gasteiger partial charge on any atom is 0.269 e. The molecule has 0 amide bonds. The Morgan fingerprint density at radius 3 is 2.73 bits per heavy atom. The summed E-state index contributed by atoms with van der Waals surface area (Å²) in [4.78, 5) is 28.2. The van der Waals surface area contributed by atoms with Gasteiger partial charge in [0.25, 0.3) is 11.2 Å². The molecule has 1 aliphatic rings. The predicted octanol–water partition coefficient (Wildman–Crippen LogP) is 4.49. The monoisotopic (exact) mass is 367 g/mol. The molecule has 0 saturated heterocycles. The molecule has 1 fully saturated rings. The minimum Gasteiger partial charge on any atom is -0.284 e. The van der Waals surface area contributed by atoms with E-state index < -0.39 is 4.92 Å². The molecule has 1 saturated carbocycles. The number of benzene rings is 2. The average Bonchev–Trinajstić information content (AvgIpc) is 3.47. The number of nitro benzene ring substituents is 1. The summed E-state index contributed by atoms with van der Waals surface area (Å²) in [5.41, 5.74) is 1.59. The summed E-state index contributed by atoms with van der Waals surface area (Å²) in [6.45, 7) is 1.97. The fourth-order valence-corrected chi connectivity index (χ4v) is 4.08. The largest absolute Gasteiger partial charge is 0.284 e. The molecule has 1 aliphatic carbocycles. The van der Waals surface area contributed by atoms with Crippen molar-refractivity contribution < 1.29 is 4.92 Å². The maximum absolute atomic E-state index is 12.9. The highest BCUT2D eigenvalue weighted by atomic mass is 32.2. The Morgan fingerprint density at radius 2 is 2.00 bits per heavy atom. The summed E-state index contributed by atoms with van der Waals surface area (Å²) in [7, 11) is 0. The Balaban J connectivity index is 1.75. The Morgan fingerprint density at radius 1 is 1.23 bits per heavy atom. The van der Waals surface area contributed by atoms with Crippen LogP contribution in [0, 0.1) is 10.1 Å². The summed E-state index contributed by atoms with van der Waals surface area (Å²) in [6, 6.07) is 14.2. The van der Waals surface area contributed by atoms with Gasteiger partial charge < -0.3 is 0 Å². The van der Waals surface area contributed by atoms with Crippen LogP contribution < -0.4 is 5.56 Å². The molecule has 6 nitrogen and oxygen atoms in total. The normalized spacial score (nSPS) is 15.1. The highest BCUT2D eigenvalue weighted by Crippen LogP contribution is 2.41. The number of nitro groups is 1. The molecule has 0 N–H and O–H groups in total. The first-order valence-corrected chi connectivity index (χ1v) is 9.35. The summed E-state index contributed by atoms with van der Waals surface area (Å²) < 4.78 is 1.79. The van der Waals surface area contributed by atoms with Crippen molar-refractivity contribution in [1.82, 2.24) is 9.55 Å². The van der Waals surface area contributed by atoms with Gasteiger partial charge >= 0.3 is 0 Å².